The quantitative estimate of drug-likeness (QED) is 0.0337. The first-order valence-corrected chi connectivity index (χ1v) is 31.0. The molecule has 4 heterocycles. The molecule has 492 valence electrons. The summed E-state index contributed by atoms with van der Waals surface area (Å²) < 4.78 is 0. The first-order valence-electron chi connectivity index (χ1n) is 31.0. The number of aliphatic hydroxyl groups excluding tert-OH is 1. The van der Waals surface area contributed by atoms with Crippen LogP contribution in [0.4, 0.5) is 28.3 Å². The maximum absolute atomic E-state index is 12.3. The second-order valence-corrected chi connectivity index (χ2v) is 23.1. The third-order valence-electron chi connectivity index (χ3n) is 16.0. The maximum Gasteiger partial charge on any atom is 0.326 e. The van der Waals surface area contributed by atoms with E-state index in [1.165, 1.54) is 0 Å². The molecule has 12 N–H and O–H groups in total. The van der Waals surface area contributed by atoms with Crippen molar-refractivity contribution in [2.45, 2.75) is 140 Å². The Bertz CT molecular complexity index is 2510. The normalized spacial score (nSPS) is 18.3. The lowest BCUT2D eigenvalue weighted by Gasteiger charge is -2.37. The van der Waals surface area contributed by atoms with E-state index in [-0.39, 0.29) is 84.8 Å². The number of piperazine rings is 1. The van der Waals surface area contributed by atoms with E-state index in [0.29, 0.717) is 55.8 Å². The number of piperidine rings is 1. The molecule has 2 amide bonds. The molecule has 2 aromatic rings. The summed E-state index contributed by atoms with van der Waals surface area (Å²) in [4.78, 5) is 122. The number of amides is 2. The molecule has 30 heteroatoms. The minimum Gasteiger partial charge on any atom is -0.481 e. The Morgan fingerprint density at radius 3 is 1.53 bits per heavy atom. The fourth-order valence-corrected chi connectivity index (χ4v) is 11.2. The van der Waals surface area contributed by atoms with E-state index in [2.05, 4.69) is 36.0 Å². The van der Waals surface area contributed by atoms with Crippen molar-refractivity contribution < 1.29 is 79.2 Å². The number of nitrogens with one attached hydrogen (secondary N) is 4. The van der Waals surface area contributed by atoms with Crippen molar-refractivity contribution in [1.29, 1.82) is 0 Å². The van der Waals surface area contributed by atoms with Gasteiger partial charge in [0.25, 0.3) is 0 Å². The van der Waals surface area contributed by atoms with Crippen LogP contribution in [0.1, 0.15) is 115 Å². The number of aromatic nitrogens is 3. The second kappa shape index (κ2) is 39.0. The SMILES string of the molecule is O=C(O)CC[C@H](NC(=O)N[C@@H](CCCCNC(O)CCCCCCCCCCN1CCN(c2nc(Nc3ccc(CC4CN(CC(=O)O)CCN(CC(=O)O)CCN(CC(=O)O)CCN4CC(=O)O)cc3)nc(N3CCCCC3)n2)CC1)C(=O)O)C(=O)O. The van der Waals surface area contributed by atoms with Crippen LogP contribution in [0.25, 0.3) is 0 Å². The molecule has 0 bridgehead atoms. The van der Waals surface area contributed by atoms with E-state index >= 15 is 0 Å². The molecule has 1 aromatic heterocycles. The minimum atomic E-state index is -1.48. The van der Waals surface area contributed by atoms with Gasteiger partial charge in [0, 0.05) is 103 Å². The first-order chi connectivity index (χ1) is 42.2. The van der Waals surface area contributed by atoms with Crippen molar-refractivity contribution in [3.05, 3.63) is 29.8 Å². The van der Waals surface area contributed by atoms with Gasteiger partial charge in [-0.15, -0.1) is 0 Å². The maximum atomic E-state index is 12.3. The van der Waals surface area contributed by atoms with Crippen molar-refractivity contribution in [2.75, 3.05) is 139 Å². The van der Waals surface area contributed by atoms with Crippen LogP contribution < -0.4 is 31.1 Å². The standard InChI is InChI=1S/C58H94N14O16/c73-47(59-22-10-9-14-45(53(84)85)61-58(88)62-46(54(86)87)20-21-48(74)75)15-8-5-3-1-2-4-6-11-23-66-30-33-71(34-31-66)57-64-55(63-56(65-57)70-24-12-7-13-25-70)60-43-18-16-42(17-19-43)36-44-37-69(40-51(80)81)29-28-67(38-49(76)77)26-27-68(39-50(78)79)32-35-72(44)41-52(82)83/h16-19,44-47,59,73H,1-15,20-41H2,(H,74,75)(H,76,77)(H,78,79)(H,80,81)(H,82,83)(H,84,85)(H,86,87)(H2,61,62,88)(H,60,63,64,65)/t44?,45-,46-,47?/m0/s1. The third-order valence-corrected chi connectivity index (χ3v) is 16.0. The van der Waals surface area contributed by atoms with Gasteiger partial charge in [-0.25, -0.2) is 14.4 Å². The summed E-state index contributed by atoms with van der Waals surface area (Å²) in [5.41, 5.74) is 1.57. The van der Waals surface area contributed by atoms with Crippen LogP contribution in [0.3, 0.4) is 0 Å². The topological polar surface area (TPSA) is 408 Å². The molecule has 2 unspecified atom stereocenters. The van der Waals surface area contributed by atoms with Gasteiger partial charge >= 0.3 is 47.8 Å². The molecule has 3 saturated heterocycles. The number of rotatable bonds is 38. The van der Waals surface area contributed by atoms with Crippen LogP contribution in [0.5, 0.6) is 0 Å². The fourth-order valence-electron chi connectivity index (χ4n) is 11.2. The summed E-state index contributed by atoms with van der Waals surface area (Å²) >= 11 is 0. The molecular formula is C58H94N14O16. The molecule has 30 nitrogen and oxygen atoms in total. The number of hydrogen-bond acceptors (Lipinski definition) is 21. The van der Waals surface area contributed by atoms with Crippen LogP contribution in [0.2, 0.25) is 0 Å². The highest BCUT2D eigenvalue weighted by Crippen LogP contribution is 2.25. The summed E-state index contributed by atoms with van der Waals surface area (Å²) in [5.74, 6) is -6.61. The molecule has 4 atom stereocenters. The number of carbonyl (C=O) groups is 8. The first kappa shape index (κ1) is 71.7. The van der Waals surface area contributed by atoms with Crippen molar-refractivity contribution in [1.82, 2.24) is 55.4 Å². The van der Waals surface area contributed by atoms with Crippen LogP contribution in [0.15, 0.2) is 24.3 Å². The van der Waals surface area contributed by atoms with E-state index in [1.807, 2.05) is 24.3 Å². The smallest absolute Gasteiger partial charge is 0.326 e. The average molecular weight is 1240 g/mol. The van der Waals surface area contributed by atoms with E-state index in [0.717, 1.165) is 122 Å². The van der Waals surface area contributed by atoms with E-state index in [4.69, 9.17) is 20.1 Å². The van der Waals surface area contributed by atoms with Crippen LogP contribution in [0, 0.1) is 0 Å². The van der Waals surface area contributed by atoms with Gasteiger partial charge in [-0.3, -0.25) is 53.8 Å². The molecule has 1 aromatic carbocycles. The van der Waals surface area contributed by atoms with Crippen molar-refractivity contribution in [2.24, 2.45) is 0 Å². The summed E-state index contributed by atoms with van der Waals surface area (Å²) in [5, 5.41) is 88.0. The number of urea groups is 1. The lowest BCUT2D eigenvalue weighted by molar-refractivity contribution is -0.142. The Morgan fingerprint density at radius 2 is 0.977 bits per heavy atom. The molecule has 88 heavy (non-hydrogen) atoms. The predicted octanol–water partition coefficient (Wildman–Crippen LogP) is 1.86. The Morgan fingerprint density at radius 1 is 0.489 bits per heavy atom. The molecule has 3 aliphatic heterocycles. The summed E-state index contributed by atoms with van der Waals surface area (Å²) in [7, 11) is 0. The highest BCUT2D eigenvalue weighted by atomic mass is 16.4. The number of benzene rings is 1. The highest BCUT2D eigenvalue weighted by Gasteiger charge is 2.30. The highest BCUT2D eigenvalue weighted by molar-refractivity contribution is 5.86. The van der Waals surface area contributed by atoms with E-state index in [9.17, 15) is 74.1 Å². The van der Waals surface area contributed by atoms with Gasteiger partial charge < -0.3 is 66.6 Å². The van der Waals surface area contributed by atoms with Gasteiger partial charge in [0.15, 0.2) is 0 Å². The zero-order valence-corrected chi connectivity index (χ0v) is 50.6. The number of hydrogen-bond donors (Lipinski definition) is 12. The Labute approximate surface area is 513 Å². The summed E-state index contributed by atoms with van der Waals surface area (Å²) in [6.45, 7) is 6.46. The summed E-state index contributed by atoms with van der Waals surface area (Å²) in [6, 6.07) is 3.35. The zero-order chi connectivity index (χ0) is 63.8. The van der Waals surface area contributed by atoms with Gasteiger partial charge in [-0.2, -0.15) is 15.0 Å². The fraction of sp³-hybridized carbons (Fsp3) is 0.707. The molecule has 5 rings (SSSR count). The third kappa shape index (κ3) is 28.4. The van der Waals surface area contributed by atoms with Gasteiger partial charge in [0.1, 0.15) is 18.3 Å². The van der Waals surface area contributed by atoms with Gasteiger partial charge in [-0.05, 0) is 101 Å². The minimum absolute atomic E-state index is 0.0804. The number of nitrogens with zero attached hydrogens (tertiary/aromatic N) is 10. The Hall–Kier alpha value is -7.09. The number of carboxylic acid groups (broad SMARTS) is 7. The summed E-state index contributed by atoms with van der Waals surface area (Å²) in [6.07, 6.45) is 12.3. The zero-order valence-electron chi connectivity index (χ0n) is 50.6. The second-order valence-electron chi connectivity index (χ2n) is 23.1. The van der Waals surface area contributed by atoms with Gasteiger partial charge in [0.2, 0.25) is 17.8 Å². The predicted molar refractivity (Wildman–Crippen MR) is 324 cm³/mol. The van der Waals surface area contributed by atoms with Gasteiger partial charge in [0.05, 0.1) is 26.2 Å². The van der Waals surface area contributed by atoms with Crippen molar-refractivity contribution in [3.8, 4) is 0 Å². The number of carboxylic acids is 7. The molecular weight excluding hydrogens is 1150 g/mol. The van der Waals surface area contributed by atoms with Crippen LogP contribution in [-0.2, 0) is 40.0 Å². The molecule has 0 spiro atoms. The number of unbranched alkanes of at least 4 members (excludes halogenated alkanes) is 8. The number of aliphatic hydroxyl groups is 1. The largest absolute Gasteiger partial charge is 0.481 e. The molecule has 0 radical (unpaired) electrons. The van der Waals surface area contributed by atoms with Gasteiger partial charge in [-0.1, -0.05) is 50.7 Å². The van der Waals surface area contributed by atoms with Crippen LogP contribution >= 0.6 is 0 Å². The monoisotopic (exact) mass is 1240 g/mol. The number of anilines is 4. The van der Waals surface area contributed by atoms with E-state index in [1.54, 1.807) is 19.6 Å². The van der Waals surface area contributed by atoms with Crippen molar-refractivity contribution >= 4 is 71.3 Å². The molecule has 3 fully saturated rings. The number of carbonyl (C=O) groups excluding carboxylic acids is 1. The Kier molecular flexibility index (Phi) is 31.8. The molecule has 3 aliphatic rings. The average Bonchev–Trinajstić information content (AvgIpc) is 3.42. The van der Waals surface area contributed by atoms with E-state index < -0.39 is 78.6 Å². The Balaban J connectivity index is 1.04. The van der Waals surface area contributed by atoms with Crippen LogP contribution in [-0.4, -0.2) is 277 Å². The molecule has 0 aliphatic carbocycles. The lowest BCUT2D eigenvalue weighted by atomic mass is 10.0. The molecule has 0 saturated carbocycles. The van der Waals surface area contributed by atoms with Crippen molar-refractivity contribution in [3.63, 3.8) is 0 Å². The lowest BCUT2D eigenvalue weighted by Crippen LogP contribution is -2.53. The number of aliphatic carboxylic acids is 7.